The number of hydrogen-bond donors (Lipinski definition) is 0. The molecule has 4 aliphatic rings. The highest BCUT2D eigenvalue weighted by Crippen LogP contribution is 2.39. The topological polar surface area (TPSA) is 93.2 Å². The van der Waals surface area contributed by atoms with Crippen LogP contribution in [0.3, 0.4) is 0 Å². The van der Waals surface area contributed by atoms with Gasteiger partial charge >= 0.3 is 0 Å². The minimum absolute atomic E-state index is 0.00922. The average Bonchev–Trinajstić information content (AvgIpc) is 3.93. The van der Waals surface area contributed by atoms with Crippen molar-refractivity contribution in [3.63, 3.8) is 0 Å². The Kier molecular flexibility index (Phi) is 15.7. The summed E-state index contributed by atoms with van der Waals surface area (Å²) in [5.41, 5.74) is 13.5. The van der Waals surface area contributed by atoms with Crippen LogP contribution in [0.2, 0.25) is 0 Å². The highest BCUT2D eigenvalue weighted by molar-refractivity contribution is 6.01. The summed E-state index contributed by atoms with van der Waals surface area (Å²) in [5.74, 6) is -0.809. The van der Waals surface area contributed by atoms with Gasteiger partial charge in [-0.2, -0.15) is 0 Å². The molecule has 2 amide bonds. The number of Topliss-reactive ketones (excluding diaryl/α,β-unsaturated/α-hetero) is 2. The minimum Gasteiger partial charge on any atom is -0.497 e. The van der Waals surface area contributed by atoms with Crippen LogP contribution in [-0.4, -0.2) is 51.7 Å². The Morgan fingerprint density at radius 1 is 0.514 bits per heavy atom. The Morgan fingerprint density at radius 3 is 1.58 bits per heavy atom. The van der Waals surface area contributed by atoms with E-state index in [1.165, 1.54) is 41.0 Å². The molecular weight excluding hydrogens is 931 g/mol. The molecule has 6 aromatic carbocycles. The predicted octanol–water partition coefficient (Wildman–Crippen LogP) is 12.6. The molecule has 0 radical (unpaired) electrons. The molecule has 10 heteroatoms. The number of hydrogen-bond acceptors (Lipinski definition) is 6. The van der Waals surface area contributed by atoms with E-state index < -0.39 is 11.8 Å². The number of anilines is 2. The van der Waals surface area contributed by atoms with E-state index in [0.717, 1.165) is 57.4 Å². The molecule has 376 valence electrons. The van der Waals surface area contributed by atoms with Crippen LogP contribution in [0, 0.1) is 23.5 Å². The fourth-order valence-electron chi connectivity index (χ4n) is 10.8. The van der Waals surface area contributed by atoms with Crippen molar-refractivity contribution in [3.8, 4) is 11.5 Å². The summed E-state index contributed by atoms with van der Waals surface area (Å²) in [6.07, 6.45) is 12.3. The third-order valence-corrected chi connectivity index (χ3v) is 14.6. The van der Waals surface area contributed by atoms with Gasteiger partial charge in [0.2, 0.25) is 11.8 Å². The smallest absolute Gasteiger partial charge is 0.230 e. The van der Waals surface area contributed by atoms with Crippen LogP contribution in [0.5, 0.6) is 11.5 Å². The molecule has 0 aliphatic heterocycles. The van der Waals surface area contributed by atoms with Gasteiger partial charge in [0.15, 0.2) is 0 Å². The first-order valence-corrected chi connectivity index (χ1v) is 25.2. The van der Waals surface area contributed by atoms with Crippen molar-refractivity contribution in [2.24, 2.45) is 11.8 Å². The Balaban J connectivity index is 0.000000182. The monoisotopic (exact) mass is 990 g/mol. The van der Waals surface area contributed by atoms with Gasteiger partial charge in [-0.1, -0.05) is 90.5 Å². The lowest BCUT2D eigenvalue weighted by atomic mass is 9.89. The third-order valence-electron chi connectivity index (χ3n) is 14.6. The molecule has 4 bridgehead atoms. The quantitative estimate of drug-likeness (QED) is 0.165. The number of halogens is 2. The second-order valence-corrected chi connectivity index (χ2v) is 19.7. The lowest BCUT2D eigenvalue weighted by molar-refractivity contribution is -0.127. The maximum Gasteiger partial charge on any atom is 0.230 e. The fourth-order valence-corrected chi connectivity index (χ4v) is 10.8. The van der Waals surface area contributed by atoms with Gasteiger partial charge in [0.25, 0.3) is 0 Å². The van der Waals surface area contributed by atoms with Crippen LogP contribution in [0.4, 0.5) is 20.2 Å². The van der Waals surface area contributed by atoms with Gasteiger partial charge in [-0.05, 0) is 173 Å². The highest BCUT2D eigenvalue weighted by Gasteiger charge is 2.31. The van der Waals surface area contributed by atoms with E-state index in [2.05, 4.69) is 30.3 Å². The summed E-state index contributed by atoms with van der Waals surface area (Å²) in [5, 5.41) is 0. The SMILES string of the molecule is COc1ccc(N(C)C(=O)[C@H]2CC(=O)CC3=C(/C=C/Cc4cc(F)cc(c4)C2)Cc2ccccc23)cc1.COc1ccc(N(C)C(=O)[C@H]2CC(=O)CC3=C(C/C=C\c4cc(F)cc(c4)C2)Cc2ccccc23)cc1. The van der Waals surface area contributed by atoms with E-state index in [0.29, 0.717) is 54.1 Å². The second kappa shape index (κ2) is 22.8. The van der Waals surface area contributed by atoms with E-state index in [-0.39, 0.29) is 60.7 Å². The Morgan fingerprint density at radius 2 is 1.00 bits per heavy atom. The first-order chi connectivity index (χ1) is 35.8. The number of allylic oxidation sites excluding steroid dienone is 7. The summed E-state index contributed by atoms with van der Waals surface area (Å²) in [6.45, 7) is 0. The van der Waals surface area contributed by atoms with Gasteiger partial charge in [0.05, 0.1) is 14.2 Å². The van der Waals surface area contributed by atoms with E-state index in [1.807, 2.05) is 78.9 Å². The van der Waals surface area contributed by atoms with Gasteiger partial charge in [0.1, 0.15) is 34.7 Å². The maximum atomic E-state index is 14.5. The van der Waals surface area contributed by atoms with Crippen molar-refractivity contribution in [2.75, 3.05) is 38.1 Å². The average molecular weight is 991 g/mol. The Labute approximate surface area is 432 Å². The summed E-state index contributed by atoms with van der Waals surface area (Å²) in [4.78, 5) is 57.5. The number of fused-ring (bicyclic) bond motifs is 8. The van der Waals surface area contributed by atoms with E-state index >= 15 is 0 Å². The van der Waals surface area contributed by atoms with Gasteiger partial charge in [0, 0.05) is 63.0 Å². The third kappa shape index (κ3) is 11.9. The number of ether oxygens (including phenoxy) is 2. The van der Waals surface area contributed by atoms with E-state index in [1.54, 1.807) is 62.4 Å². The number of nitrogens with zero attached hydrogens (tertiary/aromatic N) is 2. The van der Waals surface area contributed by atoms with Gasteiger partial charge in [-0.25, -0.2) is 8.78 Å². The highest BCUT2D eigenvalue weighted by atomic mass is 19.1. The fraction of sp³-hybridized carbons (Fsp3) is 0.250. The molecule has 0 unspecified atom stereocenters. The number of amides is 2. The van der Waals surface area contributed by atoms with Crippen LogP contribution in [0.25, 0.3) is 17.2 Å². The molecule has 0 N–H and O–H groups in total. The molecule has 8 nitrogen and oxygen atoms in total. The number of carbonyl (C=O) groups is 4. The Bertz CT molecular complexity index is 3240. The summed E-state index contributed by atoms with van der Waals surface area (Å²) >= 11 is 0. The molecule has 0 aromatic heterocycles. The Hall–Kier alpha value is -7.98. The van der Waals surface area contributed by atoms with Crippen molar-refractivity contribution in [2.45, 2.75) is 64.2 Å². The molecule has 10 rings (SSSR count). The molecule has 0 fully saturated rings. The first-order valence-electron chi connectivity index (χ1n) is 25.2. The molecular formula is C64H60F2N2O6. The minimum atomic E-state index is -0.611. The van der Waals surface area contributed by atoms with Crippen molar-refractivity contribution in [3.05, 3.63) is 219 Å². The number of ketones is 2. The number of rotatable bonds is 6. The second-order valence-electron chi connectivity index (χ2n) is 19.7. The van der Waals surface area contributed by atoms with Gasteiger partial charge in [-0.3, -0.25) is 19.2 Å². The summed E-state index contributed by atoms with van der Waals surface area (Å²) < 4.78 is 39.5. The van der Waals surface area contributed by atoms with Crippen LogP contribution >= 0.6 is 0 Å². The molecule has 0 heterocycles. The summed E-state index contributed by atoms with van der Waals surface area (Å²) in [6, 6.07) is 40.7. The van der Waals surface area contributed by atoms with Gasteiger partial charge in [-0.15, -0.1) is 0 Å². The number of methoxy groups -OCH3 is 2. The molecule has 6 aromatic rings. The first kappa shape index (κ1) is 50.9. The zero-order chi connectivity index (χ0) is 51.9. The summed E-state index contributed by atoms with van der Waals surface area (Å²) in [7, 11) is 6.61. The van der Waals surface area contributed by atoms with Crippen molar-refractivity contribution in [1.29, 1.82) is 0 Å². The van der Waals surface area contributed by atoms with Crippen molar-refractivity contribution in [1.82, 2.24) is 0 Å². The maximum absolute atomic E-state index is 14.5. The van der Waals surface area contributed by atoms with E-state index in [9.17, 15) is 28.0 Å². The van der Waals surface area contributed by atoms with Gasteiger partial charge < -0.3 is 19.3 Å². The normalized spacial score (nSPS) is 18.1. The van der Waals surface area contributed by atoms with Crippen molar-refractivity contribution >= 4 is 52.0 Å². The molecule has 0 spiro atoms. The molecule has 2 atom stereocenters. The largest absolute Gasteiger partial charge is 0.497 e. The van der Waals surface area contributed by atoms with Crippen LogP contribution in [0.1, 0.15) is 76.6 Å². The van der Waals surface area contributed by atoms with Crippen LogP contribution in [-0.2, 0) is 51.3 Å². The number of benzene rings is 6. The predicted molar refractivity (Wildman–Crippen MR) is 289 cm³/mol. The standard InChI is InChI=1S/2C32H30FNO3/c2*1-34(27-10-12-29(37-2)13-11-27)32(36)25-15-22-14-21(16-26(33)17-22)6-5-8-24-18-23-7-3-4-9-30(23)31(24)20-28(35)19-25/h3-5,7-14,16-17,25H,6,15,18-20H2,1-2H3;3-7,9-14,16-17,25H,8,15,18-20H2,1-2H3/b8-5+;6-5-/t2*25-/m11/s1. The van der Waals surface area contributed by atoms with Crippen LogP contribution < -0.4 is 19.3 Å². The zero-order valence-corrected chi connectivity index (χ0v) is 42.3. The lowest BCUT2D eigenvalue weighted by Crippen LogP contribution is -2.35. The van der Waals surface area contributed by atoms with E-state index in [4.69, 9.17) is 9.47 Å². The molecule has 4 aliphatic carbocycles. The molecule has 0 saturated carbocycles. The van der Waals surface area contributed by atoms with Crippen molar-refractivity contribution < 1.29 is 37.4 Å². The lowest BCUT2D eigenvalue weighted by Gasteiger charge is -2.24. The number of carbonyl (C=O) groups excluding carboxylic acids is 4. The molecule has 74 heavy (non-hydrogen) atoms. The van der Waals surface area contributed by atoms with Crippen LogP contribution in [0.15, 0.2) is 163 Å². The zero-order valence-electron chi connectivity index (χ0n) is 42.3. The molecule has 0 saturated heterocycles.